The average molecular weight is 412 g/mol. The van der Waals surface area contributed by atoms with Crippen LogP contribution >= 0.6 is 0 Å². The third-order valence-corrected chi connectivity index (χ3v) is 6.69. The quantitative estimate of drug-likeness (QED) is 0.640. The number of carbonyl (C=O) groups is 1. The fourth-order valence-corrected chi connectivity index (χ4v) is 4.76. The van der Waals surface area contributed by atoms with E-state index in [4.69, 9.17) is 0 Å². The zero-order valence-corrected chi connectivity index (χ0v) is 17.4. The molecule has 1 saturated carbocycles. The smallest absolute Gasteiger partial charge is 0.225 e. The molecule has 1 saturated heterocycles. The minimum Gasteiger partial charge on any atom is -0.342 e. The molecular formula is C25H25N5O. The summed E-state index contributed by atoms with van der Waals surface area (Å²) in [5.41, 5.74) is 5.72. The molecule has 6 heteroatoms. The van der Waals surface area contributed by atoms with E-state index in [1.807, 2.05) is 12.5 Å². The fourth-order valence-electron chi connectivity index (χ4n) is 4.76. The summed E-state index contributed by atoms with van der Waals surface area (Å²) in [6.07, 6.45) is 12.2. The van der Waals surface area contributed by atoms with Crippen molar-refractivity contribution in [3.05, 3.63) is 60.2 Å². The Labute approximate surface area is 181 Å². The zero-order valence-electron chi connectivity index (χ0n) is 17.4. The molecule has 2 aromatic heterocycles. The number of rotatable bonds is 5. The Morgan fingerprint density at radius 3 is 2.74 bits per heavy atom. The van der Waals surface area contributed by atoms with Gasteiger partial charge in [0.25, 0.3) is 0 Å². The van der Waals surface area contributed by atoms with Gasteiger partial charge < -0.3 is 9.47 Å². The number of aromatic nitrogens is 4. The number of carbonyl (C=O) groups excluding carboxylic acids is 1. The summed E-state index contributed by atoms with van der Waals surface area (Å²) < 4.78 is 2.13. The summed E-state index contributed by atoms with van der Waals surface area (Å²) >= 11 is 0. The van der Waals surface area contributed by atoms with Crippen LogP contribution in [0.3, 0.4) is 0 Å². The number of nitrogens with zero attached hydrogens (tertiary/aromatic N) is 5. The summed E-state index contributed by atoms with van der Waals surface area (Å²) in [5, 5.41) is 8.55. The van der Waals surface area contributed by atoms with Gasteiger partial charge in [-0.2, -0.15) is 0 Å². The number of allylic oxidation sites excluding steroid dienone is 1. The Hall–Kier alpha value is -3.28. The van der Waals surface area contributed by atoms with Crippen molar-refractivity contribution >= 4 is 12.0 Å². The largest absolute Gasteiger partial charge is 0.342 e. The highest BCUT2D eigenvalue weighted by atomic mass is 16.2. The summed E-state index contributed by atoms with van der Waals surface area (Å²) in [4.78, 5) is 19.0. The number of benzene rings is 1. The molecular weight excluding hydrogens is 386 g/mol. The number of fused-ring (bicyclic) bond motifs is 1. The van der Waals surface area contributed by atoms with E-state index in [0.717, 1.165) is 73.5 Å². The van der Waals surface area contributed by atoms with Crippen molar-refractivity contribution in [3.8, 4) is 22.5 Å². The van der Waals surface area contributed by atoms with Crippen molar-refractivity contribution in [2.24, 2.45) is 11.8 Å². The Morgan fingerprint density at radius 1 is 1.06 bits per heavy atom. The molecule has 3 aromatic rings. The highest BCUT2D eigenvalue weighted by Gasteiger charge is 2.36. The summed E-state index contributed by atoms with van der Waals surface area (Å²) in [7, 11) is 0. The maximum absolute atomic E-state index is 12.3. The minimum atomic E-state index is 0.305. The minimum absolute atomic E-state index is 0.305. The molecule has 6 nitrogen and oxygen atoms in total. The van der Waals surface area contributed by atoms with Crippen LogP contribution < -0.4 is 0 Å². The zero-order chi connectivity index (χ0) is 20.8. The second-order valence-corrected chi connectivity index (χ2v) is 8.97. The van der Waals surface area contributed by atoms with Gasteiger partial charge in [-0.15, -0.1) is 10.2 Å². The van der Waals surface area contributed by atoms with Crippen molar-refractivity contribution < 1.29 is 4.79 Å². The predicted molar refractivity (Wildman–Crippen MR) is 119 cm³/mol. The Morgan fingerprint density at radius 2 is 1.90 bits per heavy atom. The van der Waals surface area contributed by atoms with E-state index in [0.29, 0.717) is 17.7 Å². The predicted octanol–water partition coefficient (Wildman–Crippen LogP) is 3.83. The lowest BCUT2D eigenvalue weighted by Gasteiger charge is -2.17. The molecule has 1 aliphatic heterocycles. The second-order valence-electron chi connectivity index (χ2n) is 8.97. The molecule has 2 fully saturated rings. The van der Waals surface area contributed by atoms with Gasteiger partial charge in [0.15, 0.2) is 5.82 Å². The van der Waals surface area contributed by atoms with Crippen molar-refractivity contribution in [3.63, 3.8) is 0 Å². The molecule has 156 valence electrons. The second kappa shape index (κ2) is 7.45. The molecule has 0 N–H and O–H groups in total. The molecule has 1 aromatic carbocycles. The van der Waals surface area contributed by atoms with Crippen molar-refractivity contribution in [1.29, 1.82) is 0 Å². The maximum atomic E-state index is 12.3. The maximum Gasteiger partial charge on any atom is 0.225 e. The van der Waals surface area contributed by atoms with E-state index in [1.54, 1.807) is 0 Å². The van der Waals surface area contributed by atoms with E-state index >= 15 is 0 Å². The molecule has 6 rings (SSSR count). The number of hydrogen-bond acceptors (Lipinski definition) is 4. The van der Waals surface area contributed by atoms with Crippen LogP contribution in [0.2, 0.25) is 0 Å². The van der Waals surface area contributed by atoms with Gasteiger partial charge in [-0.1, -0.05) is 30.3 Å². The lowest BCUT2D eigenvalue weighted by molar-refractivity contribution is -0.131. The van der Waals surface area contributed by atoms with Crippen LogP contribution in [0.4, 0.5) is 0 Å². The number of likely N-dealkylation sites (tertiary alicyclic amines) is 1. The third-order valence-electron chi connectivity index (χ3n) is 6.69. The van der Waals surface area contributed by atoms with Crippen LogP contribution in [0.5, 0.6) is 0 Å². The van der Waals surface area contributed by atoms with Gasteiger partial charge in [-0.25, -0.2) is 0 Å². The number of pyridine rings is 1. The van der Waals surface area contributed by atoms with Crippen LogP contribution in [0.25, 0.3) is 28.6 Å². The summed E-state index contributed by atoms with van der Waals surface area (Å²) in [6, 6.07) is 10.7. The van der Waals surface area contributed by atoms with E-state index in [1.165, 1.54) is 5.56 Å². The molecule has 0 radical (unpaired) electrons. The van der Waals surface area contributed by atoms with Gasteiger partial charge in [0, 0.05) is 42.9 Å². The van der Waals surface area contributed by atoms with Gasteiger partial charge in [0.1, 0.15) is 6.33 Å². The molecule has 3 aliphatic rings. The third kappa shape index (κ3) is 3.56. The lowest BCUT2D eigenvalue weighted by Crippen LogP contribution is -2.30. The molecule has 0 unspecified atom stereocenters. The molecule has 1 atom stereocenters. The summed E-state index contributed by atoms with van der Waals surface area (Å²) in [6.45, 7) is 2.59. The topological polar surface area (TPSA) is 63.9 Å². The van der Waals surface area contributed by atoms with Gasteiger partial charge in [0.2, 0.25) is 5.91 Å². The van der Waals surface area contributed by atoms with Gasteiger partial charge in [0.05, 0.1) is 5.69 Å². The van der Waals surface area contributed by atoms with Crippen LogP contribution in [-0.4, -0.2) is 43.6 Å². The normalized spacial score (nSPS) is 19.7. The molecule has 1 amide bonds. The first-order valence-corrected chi connectivity index (χ1v) is 11.2. The standard InChI is InChI=1S/C25H25N5O/c31-25(20-8-9-20)29-11-10-17(14-29)15-30-16-27-28-24(30)19-6-4-18(5-7-19)22-12-21-2-1-3-23(21)26-13-22/h1,3-7,12-13,16-17,20H,2,8-11,14-15H2/t17-/m1/s1. The van der Waals surface area contributed by atoms with Crippen LogP contribution in [0.15, 0.2) is 48.9 Å². The van der Waals surface area contributed by atoms with Crippen molar-refractivity contribution in [2.45, 2.75) is 32.2 Å². The van der Waals surface area contributed by atoms with E-state index in [2.05, 4.69) is 67.1 Å². The van der Waals surface area contributed by atoms with Crippen LogP contribution in [0.1, 0.15) is 30.5 Å². The average Bonchev–Trinajstić information content (AvgIpc) is 3.17. The van der Waals surface area contributed by atoms with Crippen molar-refractivity contribution in [1.82, 2.24) is 24.6 Å². The lowest BCUT2D eigenvalue weighted by atomic mass is 10.0. The SMILES string of the molecule is O=C(C1CC1)N1CC[C@@H](Cn2cnnc2-c2ccc(-c3cnc4c(c3)CC=C4)cc2)C1. The number of amides is 1. The van der Waals surface area contributed by atoms with E-state index in [9.17, 15) is 4.79 Å². The fraction of sp³-hybridized carbons (Fsp3) is 0.360. The first-order valence-electron chi connectivity index (χ1n) is 11.2. The Balaban J connectivity index is 1.17. The highest BCUT2D eigenvalue weighted by Crippen LogP contribution is 2.33. The van der Waals surface area contributed by atoms with Crippen molar-refractivity contribution in [2.75, 3.05) is 13.1 Å². The first-order chi connectivity index (χ1) is 15.2. The monoisotopic (exact) mass is 411 g/mol. The molecule has 0 spiro atoms. The van der Waals surface area contributed by atoms with Gasteiger partial charge in [-0.05, 0) is 54.9 Å². The van der Waals surface area contributed by atoms with Crippen LogP contribution in [0, 0.1) is 11.8 Å². The van der Waals surface area contributed by atoms with E-state index in [-0.39, 0.29) is 0 Å². The molecule has 0 bridgehead atoms. The number of hydrogen-bond donors (Lipinski definition) is 0. The van der Waals surface area contributed by atoms with E-state index < -0.39 is 0 Å². The Bertz CT molecular complexity index is 1160. The summed E-state index contributed by atoms with van der Waals surface area (Å²) in [5.74, 6) is 2.01. The Kier molecular flexibility index (Phi) is 4.44. The first kappa shape index (κ1) is 18.5. The molecule has 2 aliphatic carbocycles. The molecule has 3 heterocycles. The highest BCUT2D eigenvalue weighted by molar-refractivity contribution is 5.81. The van der Waals surface area contributed by atoms with Gasteiger partial charge in [-0.3, -0.25) is 9.78 Å². The van der Waals surface area contributed by atoms with Crippen LogP contribution in [-0.2, 0) is 17.8 Å². The van der Waals surface area contributed by atoms with Gasteiger partial charge >= 0.3 is 0 Å². The molecule has 31 heavy (non-hydrogen) atoms.